The van der Waals surface area contributed by atoms with Gasteiger partial charge in [0.15, 0.2) is 0 Å². The van der Waals surface area contributed by atoms with E-state index in [9.17, 15) is 0 Å². The van der Waals surface area contributed by atoms with Gasteiger partial charge in [-0.3, -0.25) is 0 Å². The van der Waals surface area contributed by atoms with E-state index in [4.69, 9.17) is 4.98 Å². The van der Waals surface area contributed by atoms with Gasteiger partial charge in [-0.1, -0.05) is 36.4 Å². The normalized spacial score (nSPS) is 17.0. The molecule has 0 spiro atoms. The number of benzene rings is 2. The number of aromatic nitrogens is 3. The summed E-state index contributed by atoms with van der Waals surface area (Å²) >= 11 is 0. The third-order valence-electron chi connectivity index (χ3n) is 5.54. The van der Waals surface area contributed by atoms with Crippen LogP contribution in [0.4, 0.5) is 17.8 Å². The summed E-state index contributed by atoms with van der Waals surface area (Å²) in [5.41, 5.74) is 4.06. The van der Waals surface area contributed by atoms with Crippen LogP contribution in [0.15, 0.2) is 47.6 Å². The molecule has 0 radical (unpaired) electrons. The van der Waals surface area contributed by atoms with Crippen molar-refractivity contribution in [1.82, 2.24) is 15.0 Å². The minimum Gasteiger partial charge on any atom is -0.341 e. The lowest BCUT2D eigenvalue weighted by molar-refractivity contribution is 0.838. The largest absolute Gasteiger partial charge is 0.341 e. The molecule has 0 saturated carbocycles. The Morgan fingerprint density at radius 1 is 0.759 bits per heavy atom. The highest BCUT2D eigenvalue weighted by atomic mass is 15.4. The summed E-state index contributed by atoms with van der Waals surface area (Å²) in [6.07, 6.45) is 6.56. The molecule has 7 nitrogen and oxygen atoms in total. The lowest BCUT2D eigenvalue weighted by Gasteiger charge is -2.20. The SMILES string of the molecule is C(=N/Nc1nc(N2CCCC2)nc(N2CCCC2)n1)/c1ccc2ccccc2c1. The summed E-state index contributed by atoms with van der Waals surface area (Å²) in [4.78, 5) is 18.4. The number of rotatable bonds is 5. The second-order valence-corrected chi connectivity index (χ2v) is 7.62. The molecule has 1 aromatic heterocycles. The van der Waals surface area contributed by atoms with Gasteiger partial charge in [-0.05, 0) is 48.1 Å². The lowest BCUT2D eigenvalue weighted by atomic mass is 10.1. The zero-order valence-corrected chi connectivity index (χ0v) is 16.5. The first kappa shape index (κ1) is 17.8. The Bertz CT molecular complexity index is 986. The first-order valence-corrected chi connectivity index (χ1v) is 10.4. The van der Waals surface area contributed by atoms with Gasteiger partial charge in [-0.15, -0.1) is 0 Å². The van der Waals surface area contributed by atoms with Gasteiger partial charge in [-0.2, -0.15) is 20.1 Å². The van der Waals surface area contributed by atoms with Gasteiger partial charge >= 0.3 is 0 Å². The minimum atomic E-state index is 0.501. The molecular weight excluding hydrogens is 362 g/mol. The first-order chi connectivity index (χ1) is 14.3. The minimum absolute atomic E-state index is 0.501. The maximum atomic E-state index is 4.74. The maximum absolute atomic E-state index is 4.74. The summed E-state index contributed by atoms with van der Waals surface area (Å²) in [7, 11) is 0. The molecule has 2 saturated heterocycles. The Morgan fingerprint density at radius 2 is 1.38 bits per heavy atom. The highest BCUT2D eigenvalue weighted by molar-refractivity contribution is 5.90. The average molecular weight is 387 g/mol. The lowest BCUT2D eigenvalue weighted by Crippen LogP contribution is -2.25. The summed E-state index contributed by atoms with van der Waals surface area (Å²) in [5.74, 6) is 2.01. The molecule has 3 heterocycles. The summed E-state index contributed by atoms with van der Waals surface area (Å²) < 4.78 is 0. The molecule has 2 fully saturated rings. The van der Waals surface area contributed by atoms with Gasteiger partial charge in [0, 0.05) is 26.2 Å². The second-order valence-electron chi connectivity index (χ2n) is 7.62. The predicted octanol–water partition coefficient (Wildman–Crippen LogP) is 3.67. The van der Waals surface area contributed by atoms with E-state index in [-0.39, 0.29) is 0 Å². The molecule has 2 aromatic carbocycles. The fraction of sp³-hybridized carbons (Fsp3) is 0.364. The molecule has 0 aliphatic carbocycles. The molecule has 1 N–H and O–H groups in total. The summed E-state index contributed by atoms with van der Waals surface area (Å²) in [6, 6.07) is 14.6. The van der Waals surface area contributed by atoms with Crippen LogP contribution in [0.1, 0.15) is 31.2 Å². The molecule has 2 aliphatic heterocycles. The number of nitrogens with zero attached hydrogens (tertiary/aromatic N) is 6. The van der Waals surface area contributed by atoms with Gasteiger partial charge in [0.2, 0.25) is 17.8 Å². The van der Waals surface area contributed by atoms with Crippen molar-refractivity contribution in [3.05, 3.63) is 48.0 Å². The third kappa shape index (κ3) is 3.99. The zero-order valence-electron chi connectivity index (χ0n) is 16.5. The number of fused-ring (bicyclic) bond motifs is 1. The van der Waals surface area contributed by atoms with Crippen molar-refractivity contribution in [3.8, 4) is 0 Å². The number of hydrazone groups is 1. The Kier molecular flexibility index (Phi) is 4.94. The van der Waals surface area contributed by atoms with Crippen LogP contribution < -0.4 is 15.2 Å². The van der Waals surface area contributed by atoms with Crippen molar-refractivity contribution in [3.63, 3.8) is 0 Å². The smallest absolute Gasteiger partial charge is 0.250 e. The van der Waals surface area contributed by atoms with Crippen molar-refractivity contribution in [2.24, 2.45) is 5.10 Å². The van der Waals surface area contributed by atoms with E-state index in [0.29, 0.717) is 5.95 Å². The number of anilines is 3. The van der Waals surface area contributed by atoms with Crippen molar-refractivity contribution < 1.29 is 0 Å². The fourth-order valence-electron chi connectivity index (χ4n) is 3.97. The van der Waals surface area contributed by atoms with E-state index in [1.807, 2.05) is 12.1 Å². The monoisotopic (exact) mass is 387 g/mol. The molecule has 5 rings (SSSR count). The maximum Gasteiger partial charge on any atom is 0.250 e. The Labute approximate surface area is 170 Å². The molecule has 2 aliphatic rings. The van der Waals surface area contributed by atoms with Crippen molar-refractivity contribution in [2.75, 3.05) is 41.4 Å². The highest BCUT2D eigenvalue weighted by Crippen LogP contribution is 2.22. The van der Waals surface area contributed by atoms with Gasteiger partial charge in [0.05, 0.1) is 6.21 Å². The zero-order chi connectivity index (χ0) is 19.5. The number of hydrogen-bond donors (Lipinski definition) is 1. The second kappa shape index (κ2) is 8.03. The molecule has 29 heavy (non-hydrogen) atoms. The van der Waals surface area contributed by atoms with Crippen LogP contribution in [0.3, 0.4) is 0 Å². The standard InChI is InChI=1S/C22H25N7/c1-2-8-19-15-17(9-10-18(19)7-1)16-23-27-20-24-21(28-11-3-4-12-28)26-22(25-20)29-13-5-6-14-29/h1-2,7-10,15-16H,3-6,11-14H2,(H,24,25,26,27)/b23-16-. The Morgan fingerprint density at radius 3 is 2.03 bits per heavy atom. The van der Waals surface area contributed by atoms with E-state index in [2.05, 4.69) is 60.6 Å². The van der Waals surface area contributed by atoms with Crippen LogP contribution in [0.2, 0.25) is 0 Å². The molecule has 3 aromatic rings. The third-order valence-corrected chi connectivity index (χ3v) is 5.54. The molecule has 0 bridgehead atoms. The van der Waals surface area contributed by atoms with Crippen molar-refractivity contribution >= 4 is 34.8 Å². The molecule has 0 atom stereocenters. The van der Waals surface area contributed by atoms with Crippen LogP contribution in [0, 0.1) is 0 Å². The van der Waals surface area contributed by atoms with Gasteiger partial charge in [0.1, 0.15) is 0 Å². The van der Waals surface area contributed by atoms with Crippen LogP contribution in [0.25, 0.3) is 10.8 Å². The summed E-state index contributed by atoms with van der Waals surface area (Å²) in [5, 5.41) is 6.81. The van der Waals surface area contributed by atoms with Crippen LogP contribution in [-0.2, 0) is 0 Å². The van der Waals surface area contributed by atoms with Crippen LogP contribution >= 0.6 is 0 Å². The van der Waals surface area contributed by atoms with Crippen molar-refractivity contribution in [2.45, 2.75) is 25.7 Å². The Balaban J connectivity index is 1.37. The molecule has 7 heteroatoms. The van der Waals surface area contributed by atoms with Gasteiger partial charge in [-0.25, -0.2) is 5.43 Å². The number of hydrogen-bond acceptors (Lipinski definition) is 7. The van der Waals surface area contributed by atoms with E-state index >= 15 is 0 Å². The van der Waals surface area contributed by atoms with E-state index in [1.54, 1.807) is 6.21 Å². The van der Waals surface area contributed by atoms with E-state index in [0.717, 1.165) is 43.6 Å². The molecule has 148 valence electrons. The van der Waals surface area contributed by atoms with Crippen molar-refractivity contribution in [1.29, 1.82) is 0 Å². The summed E-state index contributed by atoms with van der Waals surface area (Å²) in [6.45, 7) is 4.01. The number of nitrogens with one attached hydrogen (secondary N) is 1. The quantitative estimate of drug-likeness (QED) is 0.532. The van der Waals surface area contributed by atoms with E-state index < -0.39 is 0 Å². The first-order valence-electron chi connectivity index (χ1n) is 10.4. The van der Waals surface area contributed by atoms with Gasteiger partial charge in [0.25, 0.3) is 0 Å². The molecule has 0 amide bonds. The van der Waals surface area contributed by atoms with Gasteiger partial charge < -0.3 is 9.80 Å². The van der Waals surface area contributed by atoms with E-state index in [1.165, 1.54) is 36.5 Å². The predicted molar refractivity (Wildman–Crippen MR) is 118 cm³/mol. The molecule has 0 unspecified atom stereocenters. The average Bonchev–Trinajstić information content (AvgIpc) is 3.48. The van der Waals surface area contributed by atoms with Crippen LogP contribution in [-0.4, -0.2) is 47.3 Å². The topological polar surface area (TPSA) is 69.5 Å². The Hall–Kier alpha value is -3.22. The molecular formula is C22H25N7. The fourth-order valence-corrected chi connectivity index (χ4v) is 3.97. The highest BCUT2D eigenvalue weighted by Gasteiger charge is 2.21. The van der Waals surface area contributed by atoms with Crippen LogP contribution in [0.5, 0.6) is 0 Å².